The highest BCUT2D eigenvalue weighted by atomic mass is 35.5. The van der Waals surface area contributed by atoms with Crippen LogP contribution in [0.5, 0.6) is 5.75 Å². The molecule has 0 saturated heterocycles. The Labute approximate surface area is 182 Å². The van der Waals surface area contributed by atoms with Gasteiger partial charge >= 0.3 is 0 Å². The molecule has 2 aliphatic carbocycles. The fraction of sp³-hybridized carbons (Fsp3) is 0.409. The summed E-state index contributed by atoms with van der Waals surface area (Å²) in [6.45, 7) is 0. The molecule has 30 heavy (non-hydrogen) atoms. The predicted molar refractivity (Wildman–Crippen MR) is 117 cm³/mol. The third-order valence-electron chi connectivity index (χ3n) is 6.17. The first-order valence-electron chi connectivity index (χ1n) is 10.1. The van der Waals surface area contributed by atoms with Crippen molar-refractivity contribution in [2.45, 2.75) is 37.0 Å². The largest absolute Gasteiger partial charge is 0.495 e. The fourth-order valence-electron chi connectivity index (χ4n) is 4.77. The SMILES string of the molecule is COc1ccc(NC(=O)CC2CC3CCC2C3)cc1S(=O)(=O)Nc1ccc(Cl)cc1. The Morgan fingerprint density at radius 3 is 2.47 bits per heavy atom. The van der Waals surface area contributed by atoms with E-state index in [0.29, 0.717) is 34.7 Å². The minimum atomic E-state index is -3.93. The van der Waals surface area contributed by atoms with Crippen LogP contribution >= 0.6 is 11.6 Å². The first kappa shape index (κ1) is 21.0. The van der Waals surface area contributed by atoms with Crippen molar-refractivity contribution in [1.82, 2.24) is 0 Å². The number of rotatable bonds is 7. The van der Waals surface area contributed by atoms with Crippen molar-refractivity contribution < 1.29 is 17.9 Å². The zero-order chi connectivity index (χ0) is 21.3. The summed E-state index contributed by atoms with van der Waals surface area (Å²) in [5.74, 6) is 2.01. The van der Waals surface area contributed by atoms with Gasteiger partial charge in [-0.25, -0.2) is 8.42 Å². The molecule has 0 heterocycles. The molecule has 0 spiro atoms. The lowest BCUT2D eigenvalue weighted by Gasteiger charge is -2.21. The highest BCUT2D eigenvalue weighted by Crippen LogP contribution is 2.49. The molecule has 2 N–H and O–H groups in total. The number of amides is 1. The van der Waals surface area contributed by atoms with Crippen LogP contribution in [0.15, 0.2) is 47.4 Å². The molecule has 0 radical (unpaired) electrons. The molecule has 0 aromatic heterocycles. The molecule has 3 unspecified atom stereocenters. The monoisotopic (exact) mass is 448 g/mol. The number of nitrogens with one attached hydrogen (secondary N) is 2. The summed E-state index contributed by atoms with van der Waals surface area (Å²) in [7, 11) is -2.52. The molecule has 0 aliphatic heterocycles. The average Bonchev–Trinajstić information content (AvgIpc) is 3.32. The summed E-state index contributed by atoms with van der Waals surface area (Å²) >= 11 is 5.86. The van der Waals surface area contributed by atoms with Crippen LogP contribution in [0.3, 0.4) is 0 Å². The average molecular weight is 449 g/mol. The zero-order valence-electron chi connectivity index (χ0n) is 16.7. The summed E-state index contributed by atoms with van der Waals surface area (Å²) in [5.41, 5.74) is 0.813. The first-order valence-corrected chi connectivity index (χ1v) is 12.0. The van der Waals surface area contributed by atoms with Crippen molar-refractivity contribution in [3.63, 3.8) is 0 Å². The molecule has 3 atom stereocenters. The number of sulfonamides is 1. The quantitative estimate of drug-likeness (QED) is 0.630. The van der Waals surface area contributed by atoms with Crippen molar-refractivity contribution in [3.05, 3.63) is 47.5 Å². The summed E-state index contributed by atoms with van der Waals surface area (Å²) in [6, 6.07) is 11.0. The third kappa shape index (κ3) is 4.57. The van der Waals surface area contributed by atoms with Crippen LogP contribution in [0.2, 0.25) is 5.02 Å². The van der Waals surface area contributed by atoms with Gasteiger partial charge in [0.2, 0.25) is 5.91 Å². The van der Waals surface area contributed by atoms with Gasteiger partial charge in [0.1, 0.15) is 10.6 Å². The maximum Gasteiger partial charge on any atom is 0.265 e. The van der Waals surface area contributed by atoms with Gasteiger partial charge in [-0.3, -0.25) is 9.52 Å². The standard InChI is InChI=1S/C22H25ClN2O4S/c1-29-20-9-8-19(24-22(26)12-16-11-14-2-3-15(16)10-14)13-21(20)30(27,28)25-18-6-4-17(23)5-7-18/h4-9,13-16,25H,2-3,10-12H2,1H3,(H,24,26). The van der Waals surface area contributed by atoms with Crippen LogP contribution in [0, 0.1) is 17.8 Å². The fourth-order valence-corrected chi connectivity index (χ4v) is 6.15. The number of carbonyl (C=O) groups excluding carboxylic acids is 1. The van der Waals surface area contributed by atoms with E-state index in [4.69, 9.17) is 16.3 Å². The Morgan fingerprint density at radius 2 is 1.83 bits per heavy atom. The third-order valence-corrected chi connectivity index (χ3v) is 7.82. The van der Waals surface area contributed by atoms with E-state index in [0.717, 1.165) is 12.3 Å². The van der Waals surface area contributed by atoms with E-state index in [1.165, 1.54) is 32.4 Å². The lowest BCUT2D eigenvalue weighted by Crippen LogP contribution is -2.20. The van der Waals surface area contributed by atoms with Crippen LogP contribution in [0.25, 0.3) is 0 Å². The second-order valence-corrected chi connectivity index (χ2v) is 10.3. The minimum Gasteiger partial charge on any atom is -0.495 e. The summed E-state index contributed by atoms with van der Waals surface area (Å²) < 4.78 is 33.6. The molecule has 2 aromatic carbocycles. The van der Waals surface area contributed by atoms with Crippen LogP contribution in [-0.2, 0) is 14.8 Å². The number of methoxy groups -OCH3 is 1. The second kappa shape index (κ2) is 8.47. The van der Waals surface area contributed by atoms with E-state index in [2.05, 4.69) is 10.0 Å². The highest BCUT2D eigenvalue weighted by Gasteiger charge is 2.40. The summed E-state index contributed by atoms with van der Waals surface area (Å²) in [6.07, 6.45) is 5.38. The Hall–Kier alpha value is -2.25. The molecule has 2 fully saturated rings. The van der Waals surface area contributed by atoms with Crippen molar-refractivity contribution in [1.29, 1.82) is 0 Å². The van der Waals surface area contributed by atoms with E-state index in [1.54, 1.807) is 36.4 Å². The number of anilines is 2. The minimum absolute atomic E-state index is 0.0438. The number of halogens is 1. The smallest absolute Gasteiger partial charge is 0.265 e. The van der Waals surface area contributed by atoms with Crippen LogP contribution in [-0.4, -0.2) is 21.4 Å². The summed E-state index contributed by atoms with van der Waals surface area (Å²) in [4.78, 5) is 12.5. The molecule has 8 heteroatoms. The maximum atomic E-state index is 12.9. The Balaban J connectivity index is 1.49. The van der Waals surface area contributed by atoms with Crippen LogP contribution < -0.4 is 14.8 Å². The lowest BCUT2D eigenvalue weighted by atomic mass is 9.86. The number of ether oxygens (including phenoxy) is 1. The molecular weight excluding hydrogens is 424 g/mol. The van der Waals surface area contributed by atoms with Gasteiger partial charge in [-0.05, 0) is 79.5 Å². The van der Waals surface area contributed by atoms with E-state index >= 15 is 0 Å². The van der Waals surface area contributed by atoms with Gasteiger partial charge in [0.05, 0.1) is 7.11 Å². The van der Waals surface area contributed by atoms with Crippen molar-refractivity contribution >= 4 is 38.9 Å². The van der Waals surface area contributed by atoms with Crippen molar-refractivity contribution in [3.8, 4) is 5.75 Å². The Morgan fingerprint density at radius 1 is 1.10 bits per heavy atom. The summed E-state index contributed by atoms with van der Waals surface area (Å²) in [5, 5.41) is 3.37. The van der Waals surface area contributed by atoms with Gasteiger partial charge in [-0.1, -0.05) is 18.0 Å². The zero-order valence-corrected chi connectivity index (χ0v) is 18.3. The molecule has 2 aliphatic rings. The van der Waals surface area contributed by atoms with Crippen molar-refractivity contribution in [2.75, 3.05) is 17.1 Å². The number of hydrogen-bond acceptors (Lipinski definition) is 4. The predicted octanol–water partition coefficient (Wildman–Crippen LogP) is 4.91. The lowest BCUT2D eigenvalue weighted by molar-refractivity contribution is -0.117. The van der Waals surface area contributed by atoms with Gasteiger partial charge in [0.25, 0.3) is 10.0 Å². The number of carbonyl (C=O) groups is 1. The molecule has 2 bridgehead atoms. The first-order chi connectivity index (χ1) is 14.3. The van der Waals surface area contributed by atoms with E-state index in [-0.39, 0.29) is 16.6 Å². The molecular formula is C22H25ClN2O4S. The van der Waals surface area contributed by atoms with Gasteiger partial charge in [-0.2, -0.15) is 0 Å². The van der Waals surface area contributed by atoms with Gasteiger partial charge in [-0.15, -0.1) is 0 Å². The van der Waals surface area contributed by atoms with Gasteiger partial charge in [0.15, 0.2) is 0 Å². The molecule has 2 aromatic rings. The second-order valence-electron chi connectivity index (χ2n) is 8.17. The molecule has 160 valence electrons. The van der Waals surface area contributed by atoms with Gasteiger partial charge < -0.3 is 10.1 Å². The number of hydrogen-bond donors (Lipinski definition) is 2. The van der Waals surface area contributed by atoms with Crippen LogP contribution in [0.4, 0.5) is 11.4 Å². The van der Waals surface area contributed by atoms with E-state index in [9.17, 15) is 13.2 Å². The van der Waals surface area contributed by atoms with E-state index < -0.39 is 10.0 Å². The Bertz CT molecular complexity index is 1040. The maximum absolute atomic E-state index is 12.9. The molecule has 6 nitrogen and oxygen atoms in total. The van der Waals surface area contributed by atoms with Gasteiger partial charge in [0, 0.05) is 22.8 Å². The normalized spacial score (nSPS) is 22.7. The molecule has 4 rings (SSSR count). The molecule has 1 amide bonds. The topological polar surface area (TPSA) is 84.5 Å². The van der Waals surface area contributed by atoms with Crippen molar-refractivity contribution in [2.24, 2.45) is 17.8 Å². The number of benzene rings is 2. The molecule has 2 saturated carbocycles. The van der Waals surface area contributed by atoms with Crippen LogP contribution in [0.1, 0.15) is 32.1 Å². The number of fused-ring (bicyclic) bond motifs is 2. The Kier molecular flexibility index (Phi) is 5.93. The van der Waals surface area contributed by atoms with E-state index in [1.807, 2.05) is 0 Å². The highest BCUT2D eigenvalue weighted by molar-refractivity contribution is 7.92.